The van der Waals surface area contributed by atoms with Crippen LogP contribution in [-0.2, 0) is 14.8 Å². The Morgan fingerprint density at radius 1 is 1.03 bits per heavy atom. The summed E-state index contributed by atoms with van der Waals surface area (Å²) < 4.78 is 28.5. The van der Waals surface area contributed by atoms with Crippen LogP contribution in [0.15, 0.2) is 95.6 Å². The van der Waals surface area contributed by atoms with Crippen molar-refractivity contribution in [3.05, 3.63) is 102 Å². The average Bonchev–Trinajstić information content (AvgIpc) is 2.81. The van der Waals surface area contributed by atoms with Gasteiger partial charge in [0.2, 0.25) is 16.0 Å². The number of nitrogens with two attached hydrogens (primary N) is 1. The first-order valence-corrected chi connectivity index (χ1v) is 11.5. The number of ether oxygens (including phenoxy) is 1. The Hall–Kier alpha value is -4.08. The van der Waals surface area contributed by atoms with Gasteiger partial charge >= 0.3 is 0 Å². The number of rotatable bonds is 6. The molecule has 3 aromatic rings. The summed E-state index contributed by atoms with van der Waals surface area (Å²) in [6.45, 7) is 0. The molecule has 1 aliphatic rings. The predicted molar refractivity (Wildman–Crippen MR) is 128 cm³/mol. The molecular formula is C24H21N5O3S. The van der Waals surface area contributed by atoms with E-state index in [2.05, 4.69) is 15.3 Å². The average molecular weight is 460 g/mol. The van der Waals surface area contributed by atoms with Crippen LogP contribution in [0.4, 0.5) is 11.6 Å². The molecule has 0 atom stereocenters. The molecule has 166 valence electrons. The molecule has 0 saturated carbocycles. The maximum atomic E-state index is 11.4. The van der Waals surface area contributed by atoms with Crippen LogP contribution < -0.4 is 10.5 Å². The highest BCUT2D eigenvalue weighted by molar-refractivity contribution is 7.89. The molecule has 33 heavy (non-hydrogen) atoms. The lowest BCUT2D eigenvalue weighted by molar-refractivity contribution is 0.369. The van der Waals surface area contributed by atoms with E-state index in [1.54, 1.807) is 37.6 Å². The fraction of sp³-hybridized carbons (Fsp3) is 0.0417. The second-order valence-corrected chi connectivity index (χ2v) is 8.68. The third-order valence-corrected chi connectivity index (χ3v) is 5.82. The van der Waals surface area contributed by atoms with E-state index in [0.29, 0.717) is 34.4 Å². The van der Waals surface area contributed by atoms with Gasteiger partial charge in [0, 0.05) is 28.6 Å². The monoisotopic (exact) mass is 459 g/mol. The van der Waals surface area contributed by atoms with Crippen molar-refractivity contribution >= 4 is 38.7 Å². The second-order valence-electron chi connectivity index (χ2n) is 7.12. The number of hydrogen-bond acceptors (Lipinski definition) is 7. The molecule has 9 heteroatoms. The van der Waals surface area contributed by atoms with E-state index in [1.807, 2.05) is 42.5 Å². The molecule has 0 bridgehead atoms. The molecule has 0 spiro atoms. The number of aromatic nitrogens is 2. The summed E-state index contributed by atoms with van der Waals surface area (Å²) in [5.74, 6) is 0.941. The molecular weight excluding hydrogens is 438 g/mol. The highest BCUT2D eigenvalue weighted by Crippen LogP contribution is 2.28. The van der Waals surface area contributed by atoms with Crippen LogP contribution in [0, 0.1) is 5.41 Å². The highest BCUT2D eigenvalue weighted by Gasteiger charge is 2.17. The van der Waals surface area contributed by atoms with E-state index in [9.17, 15) is 8.42 Å². The van der Waals surface area contributed by atoms with Crippen molar-refractivity contribution in [3.63, 3.8) is 0 Å². The molecule has 4 N–H and O–H groups in total. The van der Waals surface area contributed by atoms with E-state index >= 15 is 0 Å². The van der Waals surface area contributed by atoms with Crippen molar-refractivity contribution in [1.82, 2.24) is 9.97 Å². The number of allylic oxidation sites excluding steroid dienone is 5. The lowest BCUT2D eigenvalue weighted by Crippen LogP contribution is -2.11. The number of nitrogens with one attached hydrogen (secondary N) is 2. The van der Waals surface area contributed by atoms with E-state index in [0.717, 1.165) is 11.1 Å². The standard InChI is InChI=1S/C24H21N5O3S/c1-32-23(16-5-3-2-4-6-16)20-15-17(7-12-21(20)25)22-13-14-27-24(29-22)28-18-8-10-19(11-9-18)33(26,30)31/h2-15,25H,1H3,(H2,26,30,31)(H,27,28,29)/b23-20-,25-21?. The molecule has 0 unspecified atom stereocenters. The van der Waals surface area contributed by atoms with E-state index in [1.165, 1.54) is 12.1 Å². The van der Waals surface area contributed by atoms with Crippen molar-refractivity contribution in [2.45, 2.75) is 4.90 Å². The number of anilines is 2. The second kappa shape index (κ2) is 9.19. The first kappa shape index (κ1) is 22.1. The number of sulfonamides is 1. The SMILES string of the molecule is CO/C(=C1/C=C(c2ccnc(Nc3ccc(S(N)(=O)=O)cc3)n2)C=CC1=N)c1ccccc1. The topological polar surface area (TPSA) is 131 Å². The lowest BCUT2D eigenvalue weighted by atomic mass is 9.95. The molecule has 2 aromatic carbocycles. The minimum absolute atomic E-state index is 0.0225. The Morgan fingerprint density at radius 3 is 2.42 bits per heavy atom. The number of primary sulfonamides is 1. The summed E-state index contributed by atoms with van der Waals surface area (Å²) in [5.41, 5.74) is 3.91. The molecule has 8 nitrogen and oxygen atoms in total. The molecule has 1 heterocycles. The summed E-state index contributed by atoms with van der Waals surface area (Å²) in [5, 5.41) is 16.6. The van der Waals surface area contributed by atoms with Gasteiger partial charge in [0.1, 0.15) is 5.76 Å². The Balaban J connectivity index is 1.65. The molecule has 0 amide bonds. The Kier molecular flexibility index (Phi) is 6.16. The van der Waals surface area contributed by atoms with Gasteiger partial charge in [-0.3, -0.25) is 0 Å². The quantitative estimate of drug-likeness (QED) is 0.479. The summed E-state index contributed by atoms with van der Waals surface area (Å²) in [6, 6.07) is 17.4. The number of hydrogen-bond donors (Lipinski definition) is 3. The zero-order chi connectivity index (χ0) is 23.4. The van der Waals surface area contributed by atoms with Crippen molar-refractivity contribution < 1.29 is 13.2 Å². The Bertz CT molecular complexity index is 1390. The van der Waals surface area contributed by atoms with Crippen LogP contribution in [0.1, 0.15) is 11.3 Å². The van der Waals surface area contributed by atoms with Crippen LogP contribution in [0.25, 0.3) is 11.3 Å². The Labute approximate surface area is 191 Å². The van der Waals surface area contributed by atoms with E-state index < -0.39 is 10.0 Å². The van der Waals surface area contributed by atoms with Crippen LogP contribution >= 0.6 is 0 Å². The minimum Gasteiger partial charge on any atom is -0.495 e. The lowest BCUT2D eigenvalue weighted by Gasteiger charge is -2.16. The fourth-order valence-electron chi connectivity index (χ4n) is 3.30. The third-order valence-electron chi connectivity index (χ3n) is 4.89. The normalized spacial score (nSPS) is 15.1. The first-order valence-electron chi connectivity index (χ1n) is 9.91. The van der Waals surface area contributed by atoms with Gasteiger partial charge in [-0.25, -0.2) is 23.5 Å². The molecule has 4 rings (SSSR count). The number of benzene rings is 2. The Morgan fingerprint density at radius 2 is 1.76 bits per heavy atom. The zero-order valence-electron chi connectivity index (χ0n) is 17.7. The van der Waals surface area contributed by atoms with E-state index in [-0.39, 0.29) is 4.90 Å². The van der Waals surface area contributed by atoms with Gasteiger partial charge < -0.3 is 15.5 Å². The molecule has 0 radical (unpaired) electrons. The minimum atomic E-state index is -3.76. The van der Waals surface area contributed by atoms with Crippen molar-refractivity contribution in [3.8, 4) is 0 Å². The van der Waals surface area contributed by atoms with Crippen molar-refractivity contribution in [2.24, 2.45) is 5.14 Å². The highest BCUT2D eigenvalue weighted by atomic mass is 32.2. The van der Waals surface area contributed by atoms with Crippen LogP contribution in [0.3, 0.4) is 0 Å². The van der Waals surface area contributed by atoms with E-state index in [4.69, 9.17) is 15.3 Å². The summed E-state index contributed by atoms with van der Waals surface area (Å²) in [6.07, 6.45) is 7.00. The molecule has 0 aliphatic heterocycles. The van der Waals surface area contributed by atoms with Gasteiger partial charge in [-0.1, -0.05) is 36.4 Å². The van der Waals surface area contributed by atoms with Gasteiger partial charge in [0.05, 0.1) is 23.4 Å². The summed E-state index contributed by atoms with van der Waals surface area (Å²) >= 11 is 0. The molecule has 1 aromatic heterocycles. The fourth-order valence-corrected chi connectivity index (χ4v) is 3.82. The largest absolute Gasteiger partial charge is 0.495 e. The summed E-state index contributed by atoms with van der Waals surface area (Å²) in [7, 11) is -2.17. The van der Waals surface area contributed by atoms with Crippen LogP contribution in [-0.4, -0.2) is 31.2 Å². The third kappa shape index (κ3) is 5.05. The molecule has 0 saturated heterocycles. The van der Waals surface area contributed by atoms with Crippen molar-refractivity contribution in [2.75, 3.05) is 12.4 Å². The van der Waals surface area contributed by atoms with Gasteiger partial charge in [0.25, 0.3) is 0 Å². The molecule has 0 fully saturated rings. The summed E-state index contributed by atoms with van der Waals surface area (Å²) in [4.78, 5) is 8.82. The number of methoxy groups -OCH3 is 1. The maximum Gasteiger partial charge on any atom is 0.238 e. The van der Waals surface area contributed by atoms with Crippen molar-refractivity contribution in [1.29, 1.82) is 5.41 Å². The molecule has 1 aliphatic carbocycles. The van der Waals surface area contributed by atoms with Crippen LogP contribution in [0.5, 0.6) is 0 Å². The number of nitrogens with zero attached hydrogens (tertiary/aromatic N) is 2. The van der Waals surface area contributed by atoms with Gasteiger partial charge in [0.15, 0.2) is 0 Å². The van der Waals surface area contributed by atoms with Gasteiger partial charge in [-0.05, 0) is 42.5 Å². The van der Waals surface area contributed by atoms with Gasteiger partial charge in [-0.2, -0.15) is 0 Å². The zero-order valence-corrected chi connectivity index (χ0v) is 18.5. The smallest absolute Gasteiger partial charge is 0.238 e. The first-order chi connectivity index (χ1) is 15.8. The van der Waals surface area contributed by atoms with Gasteiger partial charge in [-0.15, -0.1) is 0 Å². The predicted octanol–water partition coefficient (Wildman–Crippen LogP) is 3.90. The van der Waals surface area contributed by atoms with Crippen LogP contribution in [0.2, 0.25) is 0 Å². The maximum absolute atomic E-state index is 11.4.